The second kappa shape index (κ2) is 6.18. The van der Waals surface area contributed by atoms with Crippen LogP contribution in [0.25, 0.3) is 0 Å². The molecule has 0 heterocycles. The van der Waals surface area contributed by atoms with Crippen molar-refractivity contribution in [2.24, 2.45) is 5.92 Å². The summed E-state index contributed by atoms with van der Waals surface area (Å²) in [6.45, 7) is 10.9. The molecule has 0 saturated heterocycles. The fraction of sp³-hybridized carbons (Fsp3) is 0.600. The van der Waals surface area contributed by atoms with Gasteiger partial charge in [0.25, 0.3) is 0 Å². The first-order valence-corrected chi connectivity index (χ1v) is 6.39. The van der Waals surface area contributed by atoms with E-state index in [4.69, 9.17) is 5.11 Å². The van der Waals surface area contributed by atoms with Crippen LogP contribution in [0.15, 0.2) is 18.2 Å². The first-order chi connectivity index (χ1) is 7.95. The summed E-state index contributed by atoms with van der Waals surface area (Å²) < 4.78 is 0. The number of aryl methyl sites for hydroxylation is 2. The molecule has 0 saturated carbocycles. The summed E-state index contributed by atoms with van der Waals surface area (Å²) in [5.74, 6) is 0.280. The first-order valence-electron chi connectivity index (χ1n) is 6.39. The SMILES string of the molecule is Cc1ccc(C)c(C(C)NC(C)C(C)CO)c1. The monoisotopic (exact) mass is 235 g/mol. The Bertz CT molecular complexity index is 362. The van der Waals surface area contributed by atoms with Crippen LogP contribution in [0.4, 0.5) is 0 Å². The highest BCUT2D eigenvalue weighted by molar-refractivity contribution is 5.32. The Morgan fingerprint density at radius 1 is 1.18 bits per heavy atom. The van der Waals surface area contributed by atoms with Crippen molar-refractivity contribution in [2.75, 3.05) is 6.61 Å². The quantitative estimate of drug-likeness (QED) is 0.822. The minimum Gasteiger partial charge on any atom is -0.396 e. The normalized spacial score (nSPS) is 16.6. The molecule has 1 aromatic rings. The molecular formula is C15H25NO. The molecule has 17 heavy (non-hydrogen) atoms. The molecule has 3 atom stereocenters. The van der Waals surface area contributed by atoms with Crippen molar-refractivity contribution in [1.29, 1.82) is 0 Å². The summed E-state index contributed by atoms with van der Waals surface area (Å²) in [5.41, 5.74) is 3.96. The maximum absolute atomic E-state index is 9.15. The fourth-order valence-corrected chi connectivity index (χ4v) is 2.03. The molecule has 96 valence electrons. The molecule has 2 N–H and O–H groups in total. The number of nitrogens with one attached hydrogen (secondary N) is 1. The van der Waals surface area contributed by atoms with Crippen molar-refractivity contribution in [2.45, 2.75) is 46.7 Å². The third kappa shape index (κ3) is 3.83. The Morgan fingerprint density at radius 2 is 1.82 bits per heavy atom. The van der Waals surface area contributed by atoms with Gasteiger partial charge in [0.05, 0.1) is 0 Å². The summed E-state index contributed by atoms with van der Waals surface area (Å²) >= 11 is 0. The molecule has 1 rings (SSSR count). The van der Waals surface area contributed by atoms with Gasteiger partial charge >= 0.3 is 0 Å². The number of aliphatic hydroxyl groups is 1. The largest absolute Gasteiger partial charge is 0.396 e. The Kier molecular flexibility index (Phi) is 5.16. The number of hydrogen-bond donors (Lipinski definition) is 2. The highest BCUT2D eigenvalue weighted by Crippen LogP contribution is 2.20. The lowest BCUT2D eigenvalue weighted by atomic mass is 9.97. The van der Waals surface area contributed by atoms with Crippen molar-refractivity contribution >= 4 is 0 Å². The summed E-state index contributed by atoms with van der Waals surface area (Å²) in [5, 5.41) is 12.7. The van der Waals surface area contributed by atoms with Crippen LogP contribution in [-0.4, -0.2) is 17.8 Å². The van der Waals surface area contributed by atoms with Gasteiger partial charge in [0.1, 0.15) is 0 Å². The van der Waals surface area contributed by atoms with Crippen LogP contribution in [0.2, 0.25) is 0 Å². The maximum Gasteiger partial charge on any atom is 0.0471 e. The molecule has 2 heteroatoms. The minimum atomic E-state index is 0.230. The van der Waals surface area contributed by atoms with Crippen LogP contribution in [0, 0.1) is 19.8 Å². The van der Waals surface area contributed by atoms with Gasteiger partial charge in [-0.2, -0.15) is 0 Å². The summed E-state index contributed by atoms with van der Waals surface area (Å²) in [6.07, 6.45) is 0. The van der Waals surface area contributed by atoms with Gasteiger partial charge in [-0.25, -0.2) is 0 Å². The molecule has 0 radical (unpaired) electrons. The van der Waals surface area contributed by atoms with Crippen LogP contribution in [0.1, 0.15) is 43.5 Å². The van der Waals surface area contributed by atoms with E-state index in [2.05, 4.69) is 58.1 Å². The molecule has 0 spiro atoms. The average molecular weight is 235 g/mol. The van der Waals surface area contributed by atoms with Crippen molar-refractivity contribution in [3.8, 4) is 0 Å². The number of aliphatic hydroxyl groups excluding tert-OH is 1. The van der Waals surface area contributed by atoms with Gasteiger partial charge in [-0.3, -0.25) is 0 Å². The van der Waals surface area contributed by atoms with E-state index in [1.165, 1.54) is 16.7 Å². The van der Waals surface area contributed by atoms with Gasteiger partial charge in [0.15, 0.2) is 0 Å². The Labute approximate surface area is 105 Å². The second-order valence-corrected chi connectivity index (χ2v) is 5.20. The zero-order chi connectivity index (χ0) is 13.0. The van der Waals surface area contributed by atoms with Crippen molar-refractivity contribution in [1.82, 2.24) is 5.32 Å². The van der Waals surface area contributed by atoms with E-state index in [1.807, 2.05) is 0 Å². The van der Waals surface area contributed by atoms with Crippen molar-refractivity contribution < 1.29 is 5.11 Å². The van der Waals surface area contributed by atoms with Crippen LogP contribution < -0.4 is 5.32 Å². The van der Waals surface area contributed by atoms with E-state index in [9.17, 15) is 0 Å². The van der Waals surface area contributed by atoms with Crippen LogP contribution in [0.3, 0.4) is 0 Å². The van der Waals surface area contributed by atoms with E-state index in [0.717, 1.165) is 0 Å². The Morgan fingerprint density at radius 3 is 2.41 bits per heavy atom. The number of benzene rings is 1. The molecule has 0 fully saturated rings. The zero-order valence-electron chi connectivity index (χ0n) is 11.6. The van der Waals surface area contributed by atoms with Crippen molar-refractivity contribution in [3.63, 3.8) is 0 Å². The maximum atomic E-state index is 9.15. The second-order valence-electron chi connectivity index (χ2n) is 5.20. The number of rotatable bonds is 5. The van der Waals surface area contributed by atoms with Gasteiger partial charge < -0.3 is 10.4 Å². The van der Waals surface area contributed by atoms with Gasteiger partial charge in [-0.15, -0.1) is 0 Å². The smallest absolute Gasteiger partial charge is 0.0471 e. The molecular weight excluding hydrogens is 210 g/mol. The van der Waals surface area contributed by atoms with Crippen LogP contribution in [-0.2, 0) is 0 Å². The predicted molar refractivity (Wildman–Crippen MR) is 73.2 cm³/mol. The lowest BCUT2D eigenvalue weighted by Crippen LogP contribution is -2.35. The summed E-state index contributed by atoms with van der Waals surface area (Å²) in [4.78, 5) is 0. The topological polar surface area (TPSA) is 32.3 Å². The fourth-order valence-electron chi connectivity index (χ4n) is 2.03. The molecule has 1 aromatic carbocycles. The van der Waals surface area contributed by atoms with Gasteiger partial charge in [0, 0.05) is 18.7 Å². The van der Waals surface area contributed by atoms with E-state index in [0.29, 0.717) is 12.1 Å². The minimum absolute atomic E-state index is 0.230. The number of hydrogen-bond acceptors (Lipinski definition) is 2. The third-order valence-electron chi connectivity index (χ3n) is 3.56. The average Bonchev–Trinajstić information content (AvgIpc) is 2.30. The van der Waals surface area contributed by atoms with E-state index >= 15 is 0 Å². The molecule has 0 aliphatic heterocycles. The predicted octanol–water partition coefficient (Wildman–Crippen LogP) is 2.97. The highest BCUT2D eigenvalue weighted by atomic mass is 16.3. The Balaban J connectivity index is 2.75. The zero-order valence-corrected chi connectivity index (χ0v) is 11.6. The molecule has 0 bridgehead atoms. The molecule has 2 nitrogen and oxygen atoms in total. The molecule has 0 aromatic heterocycles. The summed E-state index contributed by atoms with van der Waals surface area (Å²) in [6, 6.07) is 7.19. The van der Waals surface area contributed by atoms with Gasteiger partial charge in [-0.1, -0.05) is 30.7 Å². The molecule has 3 unspecified atom stereocenters. The Hall–Kier alpha value is -0.860. The van der Waals surface area contributed by atoms with Crippen LogP contribution in [0.5, 0.6) is 0 Å². The van der Waals surface area contributed by atoms with Crippen molar-refractivity contribution in [3.05, 3.63) is 34.9 Å². The van der Waals surface area contributed by atoms with Gasteiger partial charge in [-0.05, 0) is 44.7 Å². The lowest BCUT2D eigenvalue weighted by Gasteiger charge is -2.25. The lowest BCUT2D eigenvalue weighted by molar-refractivity contribution is 0.202. The van der Waals surface area contributed by atoms with Crippen LogP contribution >= 0.6 is 0 Å². The summed E-state index contributed by atoms with van der Waals surface area (Å²) in [7, 11) is 0. The van der Waals surface area contributed by atoms with E-state index < -0.39 is 0 Å². The van der Waals surface area contributed by atoms with Gasteiger partial charge in [0.2, 0.25) is 0 Å². The highest BCUT2D eigenvalue weighted by Gasteiger charge is 2.15. The molecule has 0 aliphatic carbocycles. The van der Waals surface area contributed by atoms with E-state index in [-0.39, 0.29) is 12.5 Å². The third-order valence-corrected chi connectivity index (χ3v) is 3.56. The standard InChI is InChI=1S/C15H25NO/c1-10-6-7-11(2)15(8-10)14(5)16-13(4)12(3)9-17/h6-8,12-14,16-17H,9H2,1-5H3. The molecule has 0 aliphatic rings. The van der Waals surface area contributed by atoms with E-state index in [1.54, 1.807) is 0 Å². The molecule has 0 amide bonds. The first kappa shape index (κ1) is 14.2.